The van der Waals surface area contributed by atoms with Gasteiger partial charge in [0.05, 0.1) is 6.10 Å². The van der Waals surface area contributed by atoms with Gasteiger partial charge in [0.1, 0.15) is 11.6 Å². The number of nitrogens with zero attached hydrogens (tertiary/aromatic N) is 4. The molecule has 2 aliphatic rings. The fourth-order valence-electron chi connectivity index (χ4n) is 3.25. The van der Waals surface area contributed by atoms with Crippen LogP contribution in [0.1, 0.15) is 44.1 Å². The summed E-state index contributed by atoms with van der Waals surface area (Å²) < 4.78 is 5.55. The molecular weight excluding hydrogens is 318 g/mol. The molecule has 7 heteroatoms. The van der Waals surface area contributed by atoms with Crippen LogP contribution in [-0.2, 0) is 4.74 Å². The number of aromatic nitrogens is 2. The molecule has 138 valence electrons. The third-order valence-corrected chi connectivity index (χ3v) is 4.77. The van der Waals surface area contributed by atoms with Crippen molar-refractivity contribution < 1.29 is 9.53 Å². The highest BCUT2D eigenvalue weighted by Crippen LogP contribution is 2.18. The number of urea groups is 1. The second-order valence-electron chi connectivity index (χ2n) is 7.18. The van der Waals surface area contributed by atoms with Gasteiger partial charge >= 0.3 is 6.03 Å². The van der Waals surface area contributed by atoms with E-state index in [-0.39, 0.29) is 12.1 Å². The Morgan fingerprint density at radius 3 is 2.72 bits per heavy atom. The number of ether oxygens (including phenoxy) is 1. The zero-order valence-corrected chi connectivity index (χ0v) is 15.5. The molecule has 2 fully saturated rings. The molecule has 0 unspecified atom stereocenters. The van der Waals surface area contributed by atoms with Gasteiger partial charge in [-0.05, 0) is 19.8 Å². The van der Waals surface area contributed by atoms with Crippen LogP contribution in [0.3, 0.4) is 0 Å². The first kappa shape index (κ1) is 17.9. The topological polar surface area (TPSA) is 70.6 Å². The first-order valence-corrected chi connectivity index (χ1v) is 9.28. The van der Waals surface area contributed by atoms with Gasteiger partial charge in [0.25, 0.3) is 0 Å². The van der Waals surface area contributed by atoms with E-state index < -0.39 is 0 Å². The first-order chi connectivity index (χ1) is 12.0. The highest BCUT2D eigenvalue weighted by atomic mass is 16.5. The second kappa shape index (κ2) is 7.99. The summed E-state index contributed by atoms with van der Waals surface area (Å²) in [5.74, 6) is 2.16. The van der Waals surface area contributed by atoms with E-state index in [1.54, 1.807) is 0 Å². The lowest BCUT2D eigenvalue weighted by molar-refractivity contribution is 0.108. The molecular formula is C18H29N5O2. The van der Waals surface area contributed by atoms with Crippen molar-refractivity contribution in [2.24, 2.45) is 0 Å². The maximum Gasteiger partial charge on any atom is 0.317 e. The van der Waals surface area contributed by atoms with Gasteiger partial charge in [-0.3, -0.25) is 0 Å². The molecule has 2 amide bonds. The third-order valence-electron chi connectivity index (χ3n) is 4.77. The lowest BCUT2D eigenvalue weighted by Gasteiger charge is -2.35. The zero-order valence-electron chi connectivity index (χ0n) is 15.5. The summed E-state index contributed by atoms with van der Waals surface area (Å²) in [6.07, 6.45) is 2.32. The predicted molar refractivity (Wildman–Crippen MR) is 97.0 cm³/mol. The number of hydrogen-bond donors (Lipinski definition) is 1. The second-order valence-corrected chi connectivity index (χ2v) is 7.18. The quantitative estimate of drug-likeness (QED) is 0.901. The van der Waals surface area contributed by atoms with Crippen LogP contribution in [0.25, 0.3) is 0 Å². The molecule has 0 aliphatic carbocycles. The van der Waals surface area contributed by atoms with Gasteiger partial charge in [0.15, 0.2) is 0 Å². The van der Waals surface area contributed by atoms with E-state index in [0.29, 0.717) is 25.6 Å². The molecule has 7 nitrogen and oxygen atoms in total. The molecule has 0 bridgehead atoms. The highest BCUT2D eigenvalue weighted by molar-refractivity contribution is 5.74. The van der Waals surface area contributed by atoms with Crippen LogP contribution in [0.5, 0.6) is 0 Å². The van der Waals surface area contributed by atoms with E-state index in [4.69, 9.17) is 9.72 Å². The Kier molecular flexibility index (Phi) is 5.73. The molecule has 0 spiro atoms. The lowest BCUT2D eigenvalue weighted by atomic mass is 10.2. The number of rotatable bonds is 4. The van der Waals surface area contributed by atoms with Gasteiger partial charge in [0.2, 0.25) is 0 Å². The van der Waals surface area contributed by atoms with Gasteiger partial charge < -0.3 is 19.9 Å². The van der Waals surface area contributed by atoms with Crippen molar-refractivity contribution in [3.8, 4) is 0 Å². The van der Waals surface area contributed by atoms with Crippen LogP contribution < -0.4 is 10.2 Å². The minimum atomic E-state index is 0.0110. The monoisotopic (exact) mass is 347 g/mol. The minimum Gasteiger partial charge on any atom is -0.376 e. The van der Waals surface area contributed by atoms with Crippen LogP contribution in [0.4, 0.5) is 10.6 Å². The van der Waals surface area contributed by atoms with Gasteiger partial charge in [-0.1, -0.05) is 13.8 Å². The van der Waals surface area contributed by atoms with E-state index in [0.717, 1.165) is 49.9 Å². The number of aryl methyl sites for hydroxylation is 1. The standard InChI is InChI=1S/C18H29N5O2/c1-13(2)17-20-14(3)11-16(21-17)22-6-8-23(9-7-22)18(24)19-12-15-5-4-10-25-15/h11,13,15H,4-10,12H2,1-3H3,(H,19,24)/t15-/m1/s1. The maximum absolute atomic E-state index is 12.3. The molecule has 3 heterocycles. The SMILES string of the molecule is Cc1cc(N2CCN(C(=O)NC[C@H]3CCCO3)CC2)nc(C(C)C)n1. The van der Waals surface area contributed by atoms with Crippen molar-refractivity contribution in [1.82, 2.24) is 20.2 Å². The molecule has 1 aromatic rings. The van der Waals surface area contributed by atoms with Crippen molar-refractivity contribution in [2.45, 2.75) is 45.6 Å². The summed E-state index contributed by atoms with van der Waals surface area (Å²) in [4.78, 5) is 25.6. The minimum absolute atomic E-state index is 0.0110. The first-order valence-electron chi connectivity index (χ1n) is 9.28. The van der Waals surface area contributed by atoms with Gasteiger partial charge in [-0.15, -0.1) is 0 Å². The molecule has 1 atom stereocenters. The van der Waals surface area contributed by atoms with E-state index in [9.17, 15) is 4.79 Å². The summed E-state index contributed by atoms with van der Waals surface area (Å²) in [5.41, 5.74) is 0.991. The summed E-state index contributed by atoms with van der Waals surface area (Å²) >= 11 is 0. The molecule has 0 radical (unpaired) electrons. The summed E-state index contributed by atoms with van der Waals surface area (Å²) in [7, 11) is 0. The summed E-state index contributed by atoms with van der Waals surface area (Å²) in [6, 6.07) is 2.04. The molecule has 1 N–H and O–H groups in total. The number of carbonyl (C=O) groups excluding carboxylic acids is 1. The van der Waals surface area contributed by atoms with Crippen LogP contribution in [0.2, 0.25) is 0 Å². The zero-order chi connectivity index (χ0) is 17.8. The number of nitrogens with one attached hydrogen (secondary N) is 1. The molecule has 0 saturated carbocycles. The molecule has 2 aliphatic heterocycles. The van der Waals surface area contributed by atoms with Crippen molar-refractivity contribution in [1.29, 1.82) is 0 Å². The number of anilines is 1. The number of hydrogen-bond acceptors (Lipinski definition) is 5. The van der Waals surface area contributed by atoms with E-state index in [1.165, 1.54) is 0 Å². The molecule has 3 rings (SSSR count). The lowest BCUT2D eigenvalue weighted by Crippen LogP contribution is -2.52. The Bertz CT molecular complexity index is 593. The predicted octanol–water partition coefficient (Wildman–Crippen LogP) is 1.92. The van der Waals surface area contributed by atoms with Crippen molar-refractivity contribution in [3.63, 3.8) is 0 Å². The average molecular weight is 347 g/mol. The van der Waals surface area contributed by atoms with Crippen LogP contribution in [0.15, 0.2) is 6.07 Å². The Morgan fingerprint density at radius 1 is 1.32 bits per heavy atom. The Balaban J connectivity index is 1.52. The fourth-order valence-corrected chi connectivity index (χ4v) is 3.25. The normalized spacial score (nSPS) is 21.0. The van der Waals surface area contributed by atoms with E-state index in [1.807, 2.05) is 17.9 Å². The van der Waals surface area contributed by atoms with Crippen molar-refractivity contribution in [3.05, 3.63) is 17.6 Å². The smallest absolute Gasteiger partial charge is 0.317 e. The van der Waals surface area contributed by atoms with Gasteiger partial charge in [0, 0.05) is 57.0 Å². The number of amides is 2. The van der Waals surface area contributed by atoms with E-state index in [2.05, 4.69) is 29.0 Å². The molecule has 1 aromatic heterocycles. The molecule has 2 saturated heterocycles. The Morgan fingerprint density at radius 2 is 2.08 bits per heavy atom. The molecule has 25 heavy (non-hydrogen) atoms. The van der Waals surface area contributed by atoms with E-state index >= 15 is 0 Å². The number of carbonyl (C=O) groups is 1. The molecule has 0 aromatic carbocycles. The highest BCUT2D eigenvalue weighted by Gasteiger charge is 2.24. The van der Waals surface area contributed by atoms with Crippen molar-refractivity contribution >= 4 is 11.8 Å². The van der Waals surface area contributed by atoms with Crippen LogP contribution in [-0.4, -0.2) is 66.3 Å². The summed E-state index contributed by atoms with van der Waals surface area (Å²) in [5, 5.41) is 3.00. The van der Waals surface area contributed by atoms with Crippen molar-refractivity contribution in [2.75, 3.05) is 44.2 Å². The maximum atomic E-state index is 12.3. The average Bonchev–Trinajstić information content (AvgIpc) is 3.13. The third kappa shape index (κ3) is 4.60. The number of piperazine rings is 1. The van der Waals surface area contributed by atoms with Crippen LogP contribution >= 0.6 is 0 Å². The Hall–Kier alpha value is -1.89. The van der Waals surface area contributed by atoms with Crippen LogP contribution in [0, 0.1) is 6.92 Å². The largest absolute Gasteiger partial charge is 0.376 e. The summed E-state index contributed by atoms with van der Waals surface area (Å²) in [6.45, 7) is 10.6. The van der Waals surface area contributed by atoms with Gasteiger partial charge in [-0.2, -0.15) is 0 Å². The fraction of sp³-hybridized carbons (Fsp3) is 0.722. The Labute approximate surface area is 149 Å². The van der Waals surface area contributed by atoms with Gasteiger partial charge in [-0.25, -0.2) is 14.8 Å².